The first kappa shape index (κ1) is 35.6. The Balaban J connectivity index is 1.69. The van der Waals surface area contributed by atoms with E-state index in [0.717, 1.165) is 29.1 Å². The summed E-state index contributed by atoms with van der Waals surface area (Å²) in [5, 5.41) is 19.8. The van der Waals surface area contributed by atoms with Crippen LogP contribution in [0.1, 0.15) is 22.8 Å². The molecular formula is C28H30N6O10S3. The molecule has 0 fully saturated rings. The standard InChI is InChI=1S/C28H30N6O10S3/c1-4-33(13-12-29-46(3,38)39)21-10-11-24(18(2)14-21)30-25-26(32-34(28(25)36)20-8-6-5-7-9-20)31-27(35)19-15-22(45-44-43-37)17-23(16-19)47(40,41)42/h5-11,14-17,29,37H,4,12-13H2,1-3H3,(H,31,32,35)(H,40,41,42). The van der Waals surface area contributed by atoms with E-state index in [2.05, 4.69) is 29.5 Å². The van der Waals surface area contributed by atoms with Crippen molar-refractivity contribution in [1.29, 1.82) is 0 Å². The number of benzene rings is 3. The number of nitrogens with one attached hydrogen (secondary N) is 2. The molecule has 0 atom stereocenters. The second-order valence-corrected chi connectivity index (χ2v) is 14.0. The highest BCUT2D eigenvalue weighted by atomic mass is 32.2. The number of sulfonamides is 1. The van der Waals surface area contributed by atoms with E-state index in [1.807, 2.05) is 17.9 Å². The van der Waals surface area contributed by atoms with Gasteiger partial charge in [-0.1, -0.05) is 23.2 Å². The SMILES string of the molecule is CCN(CCNS(C)(=O)=O)c1ccc(N=C2C(=O)N(c3ccccc3)N=C2NC(=O)c2cc(SOOO)cc(S(=O)(=O)O)c2)c(C)c1. The molecule has 0 saturated carbocycles. The molecule has 1 aliphatic heterocycles. The van der Waals surface area contributed by atoms with Crippen molar-refractivity contribution in [3.63, 3.8) is 0 Å². The van der Waals surface area contributed by atoms with Crippen LogP contribution < -0.4 is 19.9 Å². The summed E-state index contributed by atoms with van der Waals surface area (Å²) in [5.41, 5.74) is 1.72. The highest BCUT2D eigenvalue weighted by molar-refractivity contribution is 7.94. The number of hydrazone groups is 1. The molecule has 0 aliphatic carbocycles. The summed E-state index contributed by atoms with van der Waals surface area (Å²) in [6.07, 6.45) is 1.08. The normalized spacial score (nSPS) is 14.4. The molecule has 0 spiro atoms. The monoisotopic (exact) mass is 706 g/mol. The molecular weight excluding hydrogens is 677 g/mol. The van der Waals surface area contributed by atoms with Crippen molar-refractivity contribution >= 4 is 72.6 Å². The fourth-order valence-electron chi connectivity index (χ4n) is 4.38. The molecule has 250 valence electrons. The first-order chi connectivity index (χ1) is 22.2. The van der Waals surface area contributed by atoms with Crippen LogP contribution in [-0.2, 0) is 34.3 Å². The third-order valence-corrected chi connectivity index (χ3v) is 8.68. The average molecular weight is 707 g/mol. The van der Waals surface area contributed by atoms with Gasteiger partial charge in [0.2, 0.25) is 10.0 Å². The summed E-state index contributed by atoms with van der Waals surface area (Å²) in [4.78, 5) is 32.8. The topological polar surface area (TPSA) is 217 Å². The molecule has 19 heteroatoms. The molecule has 0 bridgehead atoms. The van der Waals surface area contributed by atoms with Crippen molar-refractivity contribution in [2.45, 2.75) is 23.6 Å². The quantitative estimate of drug-likeness (QED) is 0.0874. The van der Waals surface area contributed by atoms with Gasteiger partial charge in [-0.15, -0.1) is 9.44 Å². The largest absolute Gasteiger partial charge is 0.370 e. The van der Waals surface area contributed by atoms with Crippen LogP contribution in [-0.4, -0.2) is 75.9 Å². The van der Waals surface area contributed by atoms with E-state index >= 15 is 0 Å². The number of carbonyl (C=O) groups excluding carboxylic acids is 2. The third-order valence-electron chi connectivity index (χ3n) is 6.56. The van der Waals surface area contributed by atoms with Gasteiger partial charge in [0.15, 0.2) is 11.5 Å². The van der Waals surface area contributed by atoms with E-state index in [9.17, 15) is 31.0 Å². The van der Waals surface area contributed by atoms with Crippen molar-refractivity contribution in [1.82, 2.24) is 10.0 Å². The Hall–Kier alpha value is -4.21. The maximum Gasteiger partial charge on any atom is 0.301 e. The van der Waals surface area contributed by atoms with Crippen LogP contribution in [0, 0.1) is 6.92 Å². The van der Waals surface area contributed by atoms with Crippen LogP contribution in [0.2, 0.25) is 0 Å². The Kier molecular flexibility index (Phi) is 11.5. The molecule has 2 amide bonds. The molecule has 0 aromatic heterocycles. The first-order valence-corrected chi connectivity index (χ1v) is 17.7. The fourth-order valence-corrected chi connectivity index (χ4v) is 5.92. The smallest absolute Gasteiger partial charge is 0.301 e. The summed E-state index contributed by atoms with van der Waals surface area (Å²) in [5.74, 6) is -1.81. The van der Waals surface area contributed by atoms with Gasteiger partial charge in [0, 0.05) is 35.8 Å². The number of para-hydroxylation sites is 1. The van der Waals surface area contributed by atoms with Gasteiger partial charge in [0.1, 0.15) is 0 Å². The minimum absolute atomic E-state index is 0.0347. The number of amides is 2. The molecule has 0 radical (unpaired) electrons. The Labute approximate surface area is 274 Å². The van der Waals surface area contributed by atoms with Crippen LogP contribution in [0.5, 0.6) is 0 Å². The number of aliphatic imine (C=N–C) groups is 1. The number of rotatable bonds is 13. The zero-order chi connectivity index (χ0) is 34.4. The Morgan fingerprint density at radius 2 is 1.81 bits per heavy atom. The lowest BCUT2D eigenvalue weighted by atomic mass is 10.1. The Morgan fingerprint density at radius 1 is 1.09 bits per heavy atom. The van der Waals surface area contributed by atoms with E-state index in [0.29, 0.717) is 42.1 Å². The van der Waals surface area contributed by atoms with E-state index in [1.54, 1.807) is 49.4 Å². The molecule has 4 rings (SSSR count). The highest BCUT2D eigenvalue weighted by Gasteiger charge is 2.35. The molecule has 3 aromatic carbocycles. The first-order valence-electron chi connectivity index (χ1n) is 13.7. The average Bonchev–Trinajstić information content (AvgIpc) is 3.32. The van der Waals surface area contributed by atoms with Gasteiger partial charge in [-0.3, -0.25) is 14.1 Å². The van der Waals surface area contributed by atoms with Gasteiger partial charge in [0.25, 0.3) is 16.0 Å². The highest BCUT2D eigenvalue weighted by Crippen LogP contribution is 2.28. The van der Waals surface area contributed by atoms with Crippen LogP contribution in [0.25, 0.3) is 0 Å². The van der Waals surface area contributed by atoms with E-state index in [1.165, 1.54) is 6.07 Å². The van der Waals surface area contributed by atoms with Crippen molar-refractivity contribution in [2.24, 2.45) is 10.1 Å². The van der Waals surface area contributed by atoms with Gasteiger partial charge in [-0.05, 0) is 67.9 Å². The Bertz CT molecular complexity index is 1940. The van der Waals surface area contributed by atoms with Crippen LogP contribution in [0.4, 0.5) is 17.1 Å². The fraction of sp³-hybridized carbons (Fsp3) is 0.214. The molecule has 47 heavy (non-hydrogen) atoms. The third kappa shape index (κ3) is 9.42. The zero-order valence-corrected chi connectivity index (χ0v) is 27.6. The maximum atomic E-state index is 13.6. The van der Waals surface area contributed by atoms with Gasteiger partial charge in [-0.2, -0.15) is 13.4 Å². The van der Waals surface area contributed by atoms with E-state index in [-0.39, 0.29) is 28.6 Å². The number of hydrogen-bond donors (Lipinski definition) is 4. The second-order valence-electron chi connectivity index (χ2n) is 9.93. The van der Waals surface area contributed by atoms with Crippen LogP contribution in [0.15, 0.2) is 86.6 Å². The van der Waals surface area contributed by atoms with Crippen molar-refractivity contribution in [3.05, 3.63) is 77.9 Å². The molecule has 0 saturated heterocycles. The molecule has 1 heterocycles. The number of nitrogens with zero attached hydrogens (tertiary/aromatic N) is 4. The summed E-state index contributed by atoms with van der Waals surface area (Å²) in [6, 6.07) is 16.7. The molecule has 16 nitrogen and oxygen atoms in total. The Morgan fingerprint density at radius 3 is 2.43 bits per heavy atom. The molecule has 4 N–H and O–H groups in total. The predicted molar refractivity (Wildman–Crippen MR) is 175 cm³/mol. The zero-order valence-electron chi connectivity index (χ0n) is 25.1. The summed E-state index contributed by atoms with van der Waals surface area (Å²) < 4.78 is 63.0. The number of hydrogen-bond acceptors (Lipinski definition) is 13. The van der Waals surface area contributed by atoms with Gasteiger partial charge < -0.3 is 10.2 Å². The number of amidine groups is 1. The minimum atomic E-state index is -4.77. The van der Waals surface area contributed by atoms with Gasteiger partial charge >= 0.3 is 5.91 Å². The van der Waals surface area contributed by atoms with Crippen molar-refractivity contribution < 1.29 is 45.6 Å². The number of likely N-dealkylation sites (N-methyl/N-ethyl adjacent to an activating group) is 1. The predicted octanol–water partition coefficient (Wildman–Crippen LogP) is 2.91. The molecule has 3 aromatic rings. The van der Waals surface area contributed by atoms with Crippen molar-refractivity contribution in [3.8, 4) is 0 Å². The lowest BCUT2D eigenvalue weighted by Gasteiger charge is -2.24. The number of aryl methyl sites for hydroxylation is 1. The van der Waals surface area contributed by atoms with E-state index in [4.69, 9.17) is 5.26 Å². The number of anilines is 2. The lowest BCUT2D eigenvalue weighted by molar-refractivity contribution is -0.432. The van der Waals surface area contributed by atoms with Crippen molar-refractivity contribution in [2.75, 3.05) is 35.8 Å². The minimum Gasteiger partial charge on any atom is -0.370 e. The maximum absolute atomic E-state index is 13.6. The molecule has 1 aliphatic rings. The number of carbonyl (C=O) groups is 2. The van der Waals surface area contributed by atoms with Crippen LogP contribution >= 0.6 is 12.0 Å². The van der Waals surface area contributed by atoms with Crippen LogP contribution in [0.3, 0.4) is 0 Å². The van der Waals surface area contributed by atoms with E-state index < -0.39 is 36.9 Å². The van der Waals surface area contributed by atoms with Gasteiger partial charge in [0.05, 0.1) is 34.6 Å². The molecule has 0 unspecified atom stereocenters. The summed E-state index contributed by atoms with van der Waals surface area (Å²) >= 11 is 0.359. The summed E-state index contributed by atoms with van der Waals surface area (Å²) in [7, 11) is -8.11. The lowest BCUT2D eigenvalue weighted by Crippen LogP contribution is -2.37. The summed E-state index contributed by atoms with van der Waals surface area (Å²) in [6.45, 7) is 4.89. The second kappa shape index (κ2) is 15.1. The van der Waals surface area contributed by atoms with Gasteiger partial charge in [-0.25, -0.2) is 23.4 Å².